The Bertz CT molecular complexity index is 750. The fourth-order valence-electron chi connectivity index (χ4n) is 2.71. The number of halogens is 3. The minimum absolute atomic E-state index is 0.0743. The highest BCUT2D eigenvalue weighted by Gasteiger charge is 2.33. The van der Waals surface area contributed by atoms with Gasteiger partial charge in [0.05, 0.1) is 14.2 Å². The Kier molecular flexibility index (Phi) is 4.21. The van der Waals surface area contributed by atoms with Crippen molar-refractivity contribution in [1.29, 1.82) is 0 Å². The molecule has 0 atom stereocenters. The normalized spacial score (nSPS) is 14.3. The van der Waals surface area contributed by atoms with Gasteiger partial charge in [0.25, 0.3) is 0 Å². The van der Waals surface area contributed by atoms with E-state index in [1.807, 2.05) is 12.1 Å². The molecule has 0 fully saturated rings. The van der Waals surface area contributed by atoms with Crippen LogP contribution in [0.1, 0.15) is 16.8 Å². The smallest absolute Gasteiger partial charge is 0.433 e. The summed E-state index contributed by atoms with van der Waals surface area (Å²) < 4.78 is 49.0. The van der Waals surface area contributed by atoms with Crippen LogP contribution in [0.2, 0.25) is 0 Å². The van der Waals surface area contributed by atoms with Gasteiger partial charge in [0.15, 0.2) is 11.5 Å². The Labute approximate surface area is 137 Å². The molecule has 0 amide bonds. The van der Waals surface area contributed by atoms with Crippen LogP contribution in [0.4, 0.5) is 19.1 Å². The van der Waals surface area contributed by atoms with Crippen molar-refractivity contribution in [2.45, 2.75) is 19.1 Å². The molecule has 24 heavy (non-hydrogen) atoms. The summed E-state index contributed by atoms with van der Waals surface area (Å²) in [6, 6.07) is 4.61. The van der Waals surface area contributed by atoms with Crippen LogP contribution in [0.25, 0.3) is 0 Å². The lowest BCUT2D eigenvalue weighted by Crippen LogP contribution is -2.32. The van der Waals surface area contributed by atoms with E-state index in [1.54, 1.807) is 19.1 Å². The monoisotopic (exact) mass is 339 g/mol. The first-order valence-electron chi connectivity index (χ1n) is 7.31. The number of methoxy groups -OCH3 is 2. The van der Waals surface area contributed by atoms with Crippen LogP contribution in [0.5, 0.6) is 11.5 Å². The average Bonchev–Trinajstić information content (AvgIpc) is 2.59. The van der Waals surface area contributed by atoms with Crippen LogP contribution in [0.3, 0.4) is 0 Å². The van der Waals surface area contributed by atoms with Gasteiger partial charge in [0, 0.05) is 19.3 Å². The number of nitrogens with zero attached hydrogens (tertiary/aromatic N) is 3. The molecule has 1 aliphatic heterocycles. The molecule has 0 unspecified atom stereocenters. The lowest BCUT2D eigenvalue weighted by Gasteiger charge is -2.29. The first-order valence-corrected chi connectivity index (χ1v) is 7.31. The second kappa shape index (κ2) is 6.18. The predicted octanol–water partition coefficient (Wildman–Crippen LogP) is 3.08. The molecular weight excluding hydrogens is 323 g/mol. The molecular formula is C16H16F3N3O2. The van der Waals surface area contributed by atoms with Gasteiger partial charge in [-0.25, -0.2) is 9.97 Å². The minimum Gasteiger partial charge on any atom is -0.493 e. The van der Waals surface area contributed by atoms with Crippen LogP contribution < -0.4 is 14.4 Å². The Morgan fingerprint density at radius 2 is 1.75 bits per heavy atom. The predicted molar refractivity (Wildman–Crippen MR) is 81.3 cm³/mol. The molecule has 2 aromatic rings. The number of aromatic nitrogens is 2. The number of benzene rings is 1. The first-order chi connectivity index (χ1) is 11.4. The largest absolute Gasteiger partial charge is 0.493 e. The van der Waals surface area contributed by atoms with Crippen molar-refractivity contribution in [3.8, 4) is 11.5 Å². The van der Waals surface area contributed by atoms with Crippen molar-refractivity contribution < 1.29 is 22.6 Å². The highest BCUT2D eigenvalue weighted by atomic mass is 19.4. The Hall–Kier alpha value is -2.51. The van der Waals surface area contributed by atoms with E-state index in [0.717, 1.165) is 23.4 Å². The molecule has 0 radical (unpaired) electrons. The zero-order chi connectivity index (χ0) is 17.3. The maximum Gasteiger partial charge on any atom is 0.433 e. The summed E-state index contributed by atoms with van der Waals surface area (Å²) >= 11 is 0. The summed E-state index contributed by atoms with van der Waals surface area (Å²) in [7, 11) is 3.11. The van der Waals surface area contributed by atoms with Crippen molar-refractivity contribution in [1.82, 2.24) is 9.97 Å². The van der Waals surface area contributed by atoms with Crippen molar-refractivity contribution in [2.24, 2.45) is 0 Å². The van der Waals surface area contributed by atoms with Gasteiger partial charge in [-0.15, -0.1) is 0 Å². The molecule has 1 aromatic carbocycles. The summed E-state index contributed by atoms with van der Waals surface area (Å²) in [4.78, 5) is 9.36. The molecule has 1 aromatic heterocycles. The Morgan fingerprint density at radius 3 is 2.38 bits per heavy atom. The van der Waals surface area contributed by atoms with Crippen LogP contribution in [0, 0.1) is 0 Å². The van der Waals surface area contributed by atoms with E-state index >= 15 is 0 Å². The first kappa shape index (κ1) is 16.4. The van der Waals surface area contributed by atoms with Gasteiger partial charge in [-0.3, -0.25) is 0 Å². The maximum atomic E-state index is 12.8. The minimum atomic E-state index is -4.48. The fourth-order valence-corrected chi connectivity index (χ4v) is 2.71. The topological polar surface area (TPSA) is 47.5 Å². The molecule has 2 heterocycles. The average molecular weight is 339 g/mol. The number of fused-ring (bicyclic) bond motifs is 1. The molecule has 0 aliphatic carbocycles. The van der Waals surface area contributed by atoms with Crippen molar-refractivity contribution >= 4 is 5.95 Å². The van der Waals surface area contributed by atoms with E-state index in [2.05, 4.69) is 9.97 Å². The third-order valence-corrected chi connectivity index (χ3v) is 3.93. The standard InChI is InChI=1S/C16H16F3N3O2/c1-23-12-7-10-4-6-22(9-11(10)8-13(12)24-2)15-20-5-3-14(21-15)16(17,18)19/h3,5,7-8H,4,6,9H2,1-2H3. The van der Waals surface area contributed by atoms with Crippen LogP contribution in [0.15, 0.2) is 24.4 Å². The second-order valence-corrected chi connectivity index (χ2v) is 5.39. The number of ether oxygens (including phenoxy) is 2. The SMILES string of the molecule is COc1cc2c(cc1OC)CN(c1nccc(C(F)(F)F)n1)CC2. The lowest BCUT2D eigenvalue weighted by atomic mass is 9.99. The maximum absolute atomic E-state index is 12.8. The molecule has 128 valence electrons. The highest BCUT2D eigenvalue weighted by Crippen LogP contribution is 2.34. The van der Waals surface area contributed by atoms with E-state index in [4.69, 9.17) is 9.47 Å². The lowest BCUT2D eigenvalue weighted by molar-refractivity contribution is -0.141. The number of rotatable bonds is 3. The third kappa shape index (κ3) is 3.08. The fraction of sp³-hybridized carbons (Fsp3) is 0.375. The second-order valence-electron chi connectivity index (χ2n) is 5.39. The van der Waals surface area contributed by atoms with Gasteiger partial charge in [-0.2, -0.15) is 13.2 Å². The summed E-state index contributed by atoms with van der Waals surface area (Å²) in [5, 5.41) is 0. The zero-order valence-corrected chi connectivity index (χ0v) is 13.2. The summed E-state index contributed by atoms with van der Waals surface area (Å²) in [5.41, 5.74) is 1.10. The van der Waals surface area contributed by atoms with E-state index in [-0.39, 0.29) is 5.95 Å². The van der Waals surface area contributed by atoms with E-state index in [1.165, 1.54) is 0 Å². The van der Waals surface area contributed by atoms with Gasteiger partial charge in [0.2, 0.25) is 5.95 Å². The molecule has 0 N–H and O–H groups in total. The van der Waals surface area contributed by atoms with Crippen molar-refractivity contribution in [2.75, 3.05) is 25.7 Å². The van der Waals surface area contributed by atoms with Gasteiger partial charge in [-0.1, -0.05) is 0 Å². The highest BCUT2D eigenvalue weighted by molar-refractivity contribution is 5.50. The van der Waals surface area contributed by atoms with E-state index in [0.29, 0.717) is 31.0 Å². The quantitative estimate of drug-likeness (QED) is 0.860. The molecule has 0 saturated heterocycles. The Morgan fingerprint density at radius 1 is 1.08 bits per heavy atom. The van der Waals surface area contributed by atoms with Crippen molar-refractivity contribution in [3.63, 3.8) is 0 Å². The van der Waals surface area contributed by atoms with Crippen molar-refractivity contribution in [3.05, 3.63) is 41.2 Å². The van der Waals surface area contributed by atoms with Crippen LogP contribution >= 0.6 is 0 Å². The van der Waals surface area contributed by atoms with Gasteiger partial charge < -0.3 is 14.4 Å². The molecule has 0 bridgehead atoms. The number of hydrogen-bond acceptors (Lipinski definition) is 5. The summed E-state index contributed by atoms with van der Waals surface area (Å²) in [6.45, 7) is 0.945. The van der Waals surface area contributed by atoms with Gasteiger partial charge in [-0.05, 0) is 35.7 Å². The molecule has 0 spiro atoms. The summed E-state index contributed by atoms with van der Waals surface area (Å²) in [5.74, 6) is 1.30. The van der Waals surface area contributed by atoms with Crippen LogP contribution in [-0.4, -0.2) is 30.7 Å². The number of anilines is 1. The Balaban J connectivity index is 1.90. The van der Waals surface area contributed by atoms with Crippen LogP contribution in [-0.2, 0) is 19.1 Å². The number of alkyl halides is 3. The third-order valence-electron chi connectivity index (χ3n) is 3.93. The molecule has 8 heteroatoms. The van der Waals surface area contributed by atoms with E-state index in [9.17, 15) is 13.2 Å². The molecule has 5 nitrogen and oxygen atoms in total. The van der Waals surface area contributed by atoms with E-state index < -0.39 is 11.9 Å². The molecule has 0 saturated carbocycles. The summed E-state index contributed by atoms with van der Waals surface area (Å²) in [6.07, 6.45) is -2.69. The zero-order valence-electron chi connectivity index (χ0n) is 13.2. The molecule has 3 rings (SSSR count). The number of hydrogen-bond donors (Lipinski definition) is 0. The van der Waals surface area contributed by atoms with Gasteiger partial charge in [0.1, 0.15) is 5.69 Å². The molecule has 1 aliphatic rings. The van der Waals surface area contributed by atoms with Gasteiger partial charge >= 0.3 is 6.18 Å².